The molecule has 3 N–H and O–H groups in total. The van der Waals surface area contributed by atoms with Crippen molar-refractivity contribution in [1.29, 1.82) is 0 Å². The number of carbonyl (C=O) groups is 2. The number of amides is 1. The molecule has 1 aromatic heterocycles. The average molecular weight is 268 g/mol. The summed E-state index contributed by atoms with van der Waals surface area (Å²) in [7, 11) is 0. The van der Waals surface area contributed by atoms with Crippen molar-refractivity contribution >= 4 is 11.9 Å². The van der Waals surface area contributed by atoms with Gasteiger partial charge in [0.25, 0.3) is 5.91 Å². The number of aliphatic carboxylic acids is 1. The highest BCUT2D eigenvalue weighted by Crippen LogP contribution is 2.15. The van der Waals surface area contributed by atoms with E-state index in [4.69, 9.17) is 20.0 Å². The molecule has 104 valence electrons. The molecular formula is C12H16N2O5. The summed E-state index contributed by atoms with van der Waals surface area (Å²) < 4.78 is 10.6. The highest BCUT2D eigenvalue weighted by molar-refractivity contribution is 5.91. The maximum atomic E-state index is 12.1. The molecule has 1 aliphatic rings. The smallest absolute Gasteiger partial charge is 0.306 e. The Morgan fingerprint density at radius 2 is 2.26 bits per heavy atom. The van der Waals surface area contributed by atoms with Crippen LogP contribution in [0, 0.1) is 0 Å². The lowest BCUT2D eigenvalue weighted by Gasteiger charge is -2.31. The number of rotatable bonds is 4. The van der Waals surface area contributed by atoms with Crippen LogP contribution < -0.4 is 5.73 Å². The van der Waals surface area contributed by atoms with Crippen LogP contribution >= 0.6 is 0 Å². The monoisotopic (exact) mass is 268 g/mol. The number of hydrogen-bond acceptors (Lipinski definition) is 5. The third-order valence-corrected chi connectivity index (χ3v) is 2.90. The van der Waals surface area contributed by atoms with Crippen LogP contribution in [0.15, 0.2) is 16.5 Å². The summed E-state index contributed by atoms with van der Waals surface area (Å²) >= 11 is 0. The molecule has 2 rings (SSSR count). The van der Waals surface area contributed by atoms with Crippen LogP contribution in [0.5, 0.6) is 0 Å². The molecule has 0 radical (unpaired) electrons. The lowest BCUT2D eigenvalue weighted by atomic mass is 10.2. The first-order valence-electron chi connectivity index (χ1n) is 6.01. The third-order valence-electron chi connectivity index (χ3n) is 2.90. The molecule has 1 unspecified atom stereocenters. The van der Waals surface area contributed by atoms with Gasteiger partial charge in [-0.05, 0) is 12.1 Å². The van der Waals surface area contributed by atoms with Crippen LogP contribution in [0.3, 0.4) is 0 Å². The molecule has 7 nitrogen and oxygen atoms in total. The lowest BCUT2D eigenvalue weighted by Crippen LogP contribution is -2.46. The predicted octanol–water partition coefficient (Wildman–Crippen LogP) is 0.0540. The molecule has 1 atom stereocenters. The summed E-state index contributed by atoms with van der Waals surface area (Å²) in [5.74, 6) is -0.448. The number of morpholine rings is 1. The lowest BCUT2D eigenvalue weighted by molar-refractivity contribution is -0.141. The van der Waals surface area contributed by atoms with E-state index in [0.717, 1.165) is 0 Å². The zero-order valence-corrected chi connectivity index (χ0v) is 10.4. The van der Waals surface area contributed by atoms with Crippen molar-refractivity contribution in [1.82, 2.24) is 4.90 Å². The first-order valence-corrected chi connectivity index (χ1v) is 6.01. The molecule has 1 aromatic rings. The van der Waals surface area contributed by atoms with Crippen LogP contribution in [0.1, 0.15) is 22.7 Å². The predicted molar refractivity (Wildman–Crippen MR) is 64.5 cm³/mol. The van der Waals surface area contributed by atoms with Gasteiger partial charge in [0.05, 0.1) is 25.7 Å². The van der Waals surface area contributed by atoms with Crippen molar-refractivity contribution < 1.29 is 23.8 Å². The fraction of sp³-hybridized carbons (Fsp3) is 0.500. The van der Waals surface area contributed by atoms with E-state index in [9.17, 15) is 9.59 Å². The molecule has 1 aliphatic heterocycles. The fourth-order valence-corrected chi connectivity index (χ4v) is 1.98. The second-order valence-electron chi connectivity index (χ2n) is 4.31. The summed E-state index contributed by atoms with van der Waals surface area (Å²) in [6.45, 7) is 1.24. The third kappa shape index (κ3) is 3.33. The molecule has 7 heteroatoms. The number of carboxylic acids is 1. The summed E-state index contributed by atoms with van der Waals surface area (Å²) in [5, 5.41) is 8.73. The molecule has 0 aliphatic carbocycles. The van der Waals surface area contributed by atoms with Gasteiger partial charge in [0.2, 0.25) is 0 Å². The zero-order valence-electron chi connectivity index (χ0n) is 10.4. The molecule has 19 heavy (non-hydrogen) atoms. The van der Waals surface area contributed by atoms with Crippen LogP contribution in [0.25, 0.3) is 0 Å². The SMILES string of the molecule is NCc1ccc(C(=O)N2CCOC(CC(=O)O)C2)o1. The second kappa shape index (κ2) is 5.85. The second-order valence-corrected chi connectivity index (χ2v) is 4.31. The number of ether oxygens (including phenoxy) is 1. The van der Waals surface area contributed by atoms with Gasteiger partial charge in [0.15, 0.2) is 5.76 Å². The molecule has 0 aromatic carbocycles. The minimum absolute atomic E-state index is 0.115. The van der Waals surface area contributed by atoms with Crippen molar-refractivity contribution in [2.45, 2.75) is 19.1 Å². The van der Waals surface area contributed by atoms with Gasteiger partial charge in [-0.15, -0.1) is 0 Å². The highest BCUT2D eigenvalue weighted by atomic mass is 16.5. The van der Waals surface area contributed by atoms with E-state index >= 15 is 0 Å². The van der Waals surface area contributed by atoms with Crippen molar-refractivity contribution in [3.8, 4) is 0 Å². The summed E-state index contributed by atoms with van der Waals surface area (Å²) in [6.07, 6.45) is -0.588. The van der Waals surface area contributed by atoms with Gasteiger partial charge < -0.3 is 24.9 Å². The van der Waals surface area contributed by atoms with Crippen molar-refractivity contribution in [2.24, 2.45) is 5.73 Å². The Morgan fingerprint density at radius 1 is 1.47 bits per heavy atom. The van der Waals surface area contributed by atoms with E-state index < -0.39 is 12.1 Å². The molecule has 2 heterocycles. The molecule has 0 saturated carbocycles. The van der Waals surface area contributed by atoms with E-state index in [1.807, 2.05) is 0 Å². The normalized spacial score (nSPS) is 19.4. The number of nitrogens with two attached hydrogens (primary N) is 1. The Balaban J connectivity index is 2.00. The van der Waals surface area contributed by atoms with Crippen molar-refractivity contribution in [3.63, 3.8) is 0 Å². The molecule has 0 bridgehead atoms. The maximum absolute atomic E-state index is 12.1. The highest BCUT2D eigenvalue weighted by Gasteiger charge is 2.27. The van der Waals surface area contributed by atoms with Crippen molar-refractivity contribution in [2.75, 3.05) is 19.7 Å². The van der Waals surface area contributed by atoms with Gasteiger partial charge in [-0.25, -0.2) is 0 Å². The summed E-state index contributed by atoms with van der Waals surface area (Å²) in [6, 6.07) is 3.23. The van der Waals surface area contributed by atoms with Crippen molar-refractivity contribution in [3.05, 3.63) is 23.7 Å². The van der Waals surface area contributed by atoms with Crippen LogP contribution in [0.4, 0.5) is 0 Å². The van der Waals surface area contributed by atoms with E-state index in [1.54, 1.807) is 12.1 Å². The topological polar surface area (TPSA) is 106 Å². The average Bonchev–Trinajstić information content (AvgIpc) is 2.86. The van der Waals surface area contributed by atoms with E-state index in [-0.39, 0.29) is 31.2 Å². The maximum Gasteiger partial charge on any atom is 0.306 e. The van der Waals surface area contributed by atoms with Crippen LogP contribution in [-0.2, 0) is 16.1 Å². The van der Waals surface area contributed by atoms with E-state index in [2.05, 4.69) is 0 Å². The van der Waals surface area contributed by atoms with Gasteiger partial charge in [-0.2, -0.15) is 0 Å². The van der Waals surface area contributed by atoms with Gasteiger partial charge in [0, 0.05) is 13.1 Å². The van der Waals surface area contributed by atoms with Gasteiger partial charge >= 0.3 is 5.97 Å². The van der Waals surface area contributed by atoms with E-state index in [0.29, 0.717) is 18.9 Å². The van der Waals surface area contributed by atoms with Gasteiger partial charge in [-0.3, -0.25) is 9.59 Å². The number of hydrogen-bond donors (Lipinski definition) is 2. The van der Waals surface area contributed by atoms with E-state index in [1.165, 1.54) is 4.90 Å². The Bertz CT molecular complexity index is 470. The molecular weight excluding hydrogens is 252 g/mol. The minimum Gasteiger partial charge on any atom is -0.481 e. The molecule has 1 fully saturated rings. The molecule has 1 amide bonds. The van der Waals surface area contributed by atoms with Crippen LogP contribution in [-0.4, -0.2) is 47.7 Å². The van der Waals surface area contributed by atoms with Gasteiger partial charge in [-0.1, -0.05) is 0 Å². The number of carboxylic acid groups (broad SMARTS) is 1. The first-order chi connectivity index (χ1) is 9.10. The zero-order chi connectivity index (χ0) is 13.8. The number of nitrogens with zero attached hydrogens (tertiary/aromatic N) is 1. The Kier molecular flexibility index (Phi) is 4.18. The largest absolute Gasteiger partial charge is 0.481 e. The Labute approximate surface area is 109 Å². The summed E-state index contributed by atoms with van der Waals surface area (Å²) in [4.78, 5) is 24.3. The first kappa shape index (κ1) is 13.6. The van der Waals surface area contributed by atoms with Crippen LogP contribution in [0.2, 0.25) is 0 Å². The summed E-state index contributed by atoms with van der Waals surface area (Å²) in [5.41, 5.74) is 5.41. The fourth-order valence-electron chi connectivity index (χ4n) is 1.98. The number of furan rings is 1. The Morgan fingerprint density at radius 3 is 2.89 bits per heavy atom. The van der Waals surface area contributed by atoms with Gasteiger partial charge in [0.1, 0.15) is 5.76 Å². The standard InChI is InChI=1S/C12H16N2O5/c13-6-8-1-2-10(19-8)12(17)14-3-4-18-9(7-14)5-11(15)16/h1-2,9H,3-7,13H2,(H,15,16). The quantitative estimate of drug-likeness (QED) is 0.799. The molecule has 1 saturated heterocycles. The molecule has 0 spiro atoms. The number of carbonyl (C=O) groups excluding carboxylic acids is 1. The Hall–Kier alpha value is -1.86. The minimum atomic E-state index is -0.942.